The Bertz CT molecular complexity index is 484. The van der Waals surface area contributed by atoms with Gasteiger partial charge in [-0.25, -0.2) is 4.99 Å². The number of hydrogen-bond donors (Lipinski definition) is 1. The number of nitrogens with zero attached hydrogens (tertiary/aromatic N) is 1. The second kappa shape index (κ2) is 3.78. The SMILES string of the molecule is NC1=NC=Cc2ccc3c(c2C1)CCCC3. The summed E-state index contributed by atoms with van der Waals surface area (Å²) < 4.78 is 0. The molecule has 1 aromatic carbocycles. The Balaban J connectivity index is 2.16. The molecule has 0 unspecified atom stereocenters. The minimum atomic E-state index is 0.731. The first-order valence-corrected chi connectivity index (χ1v) is 5.97. The molecule has 16 heavy (non-hydrogen) atoms. The first-order chi connectivity index (χ1) is 7.84. The van der Waals surface area contributed by atoms with Crippen LogP contribution < -0.4 is 5.73 Å². The molecule has 1 aromatic rings. The normalized spacial score (nSPS) is 18.4. The molecule has 0 bridgehead atoms. The largest absolute Gasteiger partial charge is 0.387 e. The number of amidine groups is 1. The maximum atomic E-state index is 5.88. The van der Waals surface area contributed by atoms with Crippen molar-refractivity contribution in [3.05, 3.63) is 40.6 Å². The second-order valence-corrected chi connectivity index (χ2v) is 4.59. The average Bonchev–Trinajstić information content (AvgIpc) is 2.50. The molecule has 2 aliphatic rings. The summed E-state index contributed by atoms with van der Waals surface area (Å²) >= 11 is 0. The number of rotatable bonds is 0. The van der Waals surface area contributed by atoms with Crippen LogP contribution in [0, 0.1) is 0 Å². The third-order valence-corrected chi connectivity index (χ3v) is 3.54. The van der Waals surface area contributed by atoms with E-state index in [0.29, 0.717) is 0 Å². The van der Waals surface area contributed by atoms with E-state index in [0.717, 1.165) is 12.3 Å². The predicted octanol–water partition coefficient (Wildman–Crippen LogP) is 2.45. The fourth-order valence-electron chi connectivity index (χ4n) is 2.73. The lowest BCUT2D eigenvalue weighted by atomic mass is 9.85. The molecule has 2 nitrogen and oxygen atoms in total. The van der Waals surface area contributed by atoms with Gasteiger partial charge in [0.25, 0.3) is 0 Å². The summed E-state index contributed by atoms with van der Waals surface area (Å²) in [5, 5.41) is 0. The van der Waals surface area contributed by atoms with Gasteiger partial charge in [-0.1, -0.05) is 12.1 Å². The van der Waals surface area contributed by atoms with Crippen LogP contribution in [0.5, 0.6) is 0 Å². The van der Waals surface area contributed by atoms with Gasteiger partial charge in [-0.15, -0.1) is 0 Å². The summed E-state index contributed by atoms with van der Waals surface area (Å²) in [6, 6.07) is 4.49. The van der Waals surface area contributed by atoms with Gasteiger partial charge >= 0.3 is 0 Å². The molecular weight excluding hydrogens is 196 g/mol. The molecule has 1 aliphatic carbocycles. The molecule has 0 fully saturated rings. The zero-order chi connectivity index (χ0) is 11.0. The van der Waals surface area contributed by atoms with E-state index >= 15 is 0 Å². The van der Waals surface area contributed by atoms with E-state index in [-0.39, 0.29) is 0 Å². The highest BCUT2D eigenvalue weighted by molar-refractivity contribution is 5.86. The maximum Gasteiger partial charge on any atom is 0.103 e. The zero-order valence-electron chi connectivity index (χ0n) is 9.37. The first-order valence-electron chi connectivity index (χ1n) is 5.97. The quantitative estimate of drug-likeness (QED) is 0.704. The molecular formula is C14H16N2. The Labute approximate surface area is 95.9 Å². The molecule has 0 aromatic heterocycles. The van der Waals surface area contributed by atoms with Crippen LogP contribution in [0.4, 0.5) is 0 Å². The van der Waals surface area contributed by atoms with Crippen LogP contribution in [0.15, 0.2) is 23.3 Å². The Morgan fingerprint density at radius 1 is 1.06 bits per heavy atom. The van der Waals surface area contributed by atoms with Crippen LogP contribution in [-0.2, 0) is 19.3 Å². The van der Waals surface area contributed by atoms with Crippen molar-refractivity contribution in [1.29, 1.82) is 0 Å². The number of nitrogens with two attached hydrogens (primary N) is 1. The minimum Gasteiger partial charge on any atom is -0.387 e. The highest BCUT2D eigenvalue weighted by atomic mass is 14.8. The lowest BCUT2D eigenvalue weighted by Gasteiger charge is -2.20. The lowest BCUT2D eigenvalue weighted by Crippen LogP contribution is -2.17. The minimum absolute atomic E-state index is 0.731. The van der Waals surface area contributed by atoms with E-state index in [1.807, 2.05) is 6.20 Å². The summed E-state index contributed by atoms with van der Waals surface area (Å²) in [7, 11) is 0. The summed E-state index contributed by atoms with van der Waals surface area (Å²) in [5.41, 5.74) is 11.6. The average molecular weight is 212 g/mol. The highest BCUT2D eigenvalue weighted by Crippen LogP contribution is 2.29. The van der Waals surface area contributed by atoms with Crippen LogP contribution in [0.2, 0.25) is 0 Å². The third-order valence-electron chi connectivity index (χ3n) is 3.54. The van der Waals surface area contributed by atoms with Gasteiger partial charge in [0.2, 0.25) is 0 Å². The van der Waals surface area contributed by atoms with Crippen molar-refractivity contribution in [2.75, 3.05) is 0 Å². The summed E-state index contributed by atoms with van der Waals surface area (Å²) in [5.74, 6) is 0.731. The fraction of sp³-hybridized carbons (Fsp3) is 0.357. The molecule has 3 rings (SSSR count). The van der Waals surface area contributed by atoms with Crippen molar-refractivity contribution in [2.24, 2.45) is 10.7 Å². The Morgan fingerprint density at radius 3 is 2.88 bits per heavy atom. The first kappa shape index (κ1) is 9.64. The van der Waals surface area contributed by atoms with Crippen molar-refractivity contribution in [1.82, 2.24) is 0 Å². The van der Waals surface area contributed by atoms with Gasteiger partial charge in [-0.3, -0.25) is 0 Å². The van der Waals surface area contributed by atoms with Crippen molar-refractivity contribution < 1.29 is 0 Å². The van der Waals surface area contributed by atoms with Crippen molar-refractivity contribution in [3.8, 4) is 0 Å². The summed E-state index contributed by atoms with van der Waals surface area (Å²) in [4.78, 5) is 4.20. The van der Waals surface area contributed by atoms with Crippen LogP contribution >= 0.6 is 0 Å². The highest BCUT2D eigenvalue weighted by Gasteiger charge is 2.17. The van der Waals surface area contributed by atoms with Crippen LogP contribution in [0.3, 0.4) is 0 Å². The number of aliphatic imine (C=N–C) groups is 1. The molecule has 1 aliphatic heterocycles. The number of hydrogen-bond acceptors (Lipinski definition) is 2. The van der Waals surface area contributed by atoms with E-state index in [1.54, 1.807) is 0 Å². The maximum absolute atomic E-state index is 5.88. The van der Waals surface area contributed by atoms with E-state index in [2.05, 4.69) is 23.2 Å². The van der Waals surface area contributed by atoms with Crippen molar-refractivity contribution in [2.45, 2.75) is 32.1 Å². The molecule has 2 N–H and O–H groups in total. The number of fused-ring (bicyclic) bond motifs is 3. The van der Waals surface area contributed by atoms with Gasteiger partial charge in [-0.2, -0.15) is 0 Å². The molecule has 0 spiro atoms. The van der Waals surface area contributed by atoms with Gasteiger partial charge < -0.3 is 5.73 Å². The van der Waals surface area contributed by atoms with E-state index in [4.69, 9.17) is 5.73 Å². The second-order valence-electron chi connectivity index (χ2n) is 4.59. The molecule has 0 atom stereocenters. The van der Waals surface area contributed by atoms with Crippen LogP contribution in [-0.4, -0.2) is 5.84 Å². The summed E-state index contributed by atoms with van der Waals surface area (Å²) in [6.45, 7) is 0. The Kier molecular flexibility index (Phi) is 2.28. The predicted molar refractivity (Wildman–Crippen MR) is 67.4 cm³/mol. The standard InChI is InChI=1S/C14H16N2/c15-14-9-13-11(7-8-16-14)6-5-10-3-1-2-4-12(10)13/h5-8H,1-4,9H2,(H2,15,16). The molecule has 0 amide bonds. The summed E-state index contributed by atoms with van der Waals surface area (Å²) in [6.07, 6.45) is 9.77. The molecule has 2 heteroatoms. The van der Waals surface area contributed by atoms with E-state index in [1.165, 1.54) is 47.9 Å². The van der Waals surface area contributed by atoms with Crippen LogP contribution in [0.1, 0.15) is 35.1 Å². The van der Waals surface area contributed by atoms with Crippen molar-refractivity contribution in [3.63, 3.8) is 0 Å². The van der Waals surface area contributed by atoms with Crippen molar-refractivity contribution >= 4 is 11.9 Å². The molecule has 0 saturated carbocycles. The molecule has 0 radical (unpaired) electrons. The Hall–Kier alpha value is -1.57. The molecule has 82 valence electrons. The number of benzene rings is 1. The lowest BCUT2D eigenvalue weighted by molar-refractivity contribution is 0.680. The third kappa shape index (κ3) is 1.54. The topological polar surface area (TPSA) is 38.4 Å². The number of aryl methyl sites for hydroxylation is 1. The van der Waals surface area contributed by atoms with E-state index in [9.17, 15) is 0 Å². The monoisotopic (exact) mass is 212 g/mol. The van der Waals surface area contributed by atoms with E-state index < -0.39 is 0 Å². The smallest absolute Gasteiger partial charge is 0.103 e. The Morgan fingerprint density at radius 2 is 1.94 bits per heavy atom. The van der Waals surface area contributed by atoms with Gasteiger partial charge in [0.05, 0.1) is 0 Å². The van der Waals surface area contributed by atoms with Gasteiger partial charge in [0.1, 0.15) is 5.84 Å². The van der Waals surface area contributed by atoms with Gasteiger partial charge in [0, 0.05) is 12.6 Å². The molecule has 1 heterocycles. The zero-order valence-corrected chi connectivity index (χ0v) is 9.37. The van der Waals surface area contributed by atoms with Crippen LogP contribution in [0.25, 0.3) is 6.08 Å². The van der Waals surface area contributed by atoms with Gasteiger partial charge in [0.15, 0.2) is 0 Å². The van der Waals surface area contributed by atoms with Gasteiger partial charge in [-0.05, 0) is 54.0 Å². The fourth-order valence-corrected chi connectivity index (χ4v) is 2.73. The molecule has 0 saturated heterocycles.